The second kappa shape index (κ2) is 61.6. The molecule has 5 atom stereocenters. The van der Waals surface area contributed by atoms with Gasteiger partial charge in [0, 0.05) is 25.7 Å². The van der Waals surface area contributed by atoms with E-state index in [0.29, 0.717) is 25.7 Å². The number of phosphoric acid groups is 2. The number of hydrogen-bond donors (Lipinski definition) is 3. The number of phosphoric ester groups is 2. The summed E-state index contributed by atoms with van der Waals surface area (Å²) in [6.45, 7) is 7.22. The van der Waals surface area contributed by atoms with Gasteiger partial charge < -0.3 is 33.8 Å². The lowest BCUT2D eigenvalue weighted by Gasteiger charge is -2.21. The van der Waals surface area contributed by atoms with E-state index in [1.165, 1.54) is 167 Å². The Balaban J connectivity index is 5.22. The van der Waals surface area contributed by atoms with E-state index in [1.54, 1.807) is 0 Å². The molecule has 0 aromatic carbocycles. The Morgan fingerprint density at radius 3 is 0.782 bits per heavy atom. The number of ether oxygens (including phenoxy) is 4. The number of carbonyl (C=O) groups is 4. The molecule has 0 aliphatic rings. The zero-order valence-electron chi connectivity index (χ0n) is 56.2. The summed E-state index contributed by atoms with van der Waals surface area (Å²) in [5, 5.41) is 10.6. The fourth-order valence-corrected chi connectivity index (χ4v) is 11.9. The van der Waals surface area contributed by atoms with Crippen LogP contribution in [0.3, 0.4) is 0 Å². The molecule has 0 saturated carbocycles. The molecule has 19 heteroatoms. The van der Waals surface area contributed by atoms with Crippen molar-refractivity contribution in [1.29, 1.82) is 0 Å². The van der Waals surface area contributed by atoms with Gasteiger partial charge in [-0.3, -0.25) is 37.3 Å². The summed E-state index contributed by atoms with van der Waals surface area (Å²) < 4.78 is 68.1. The van der Waals surface area contributed by atoms with E-state index >= 15 is 0 Å². The number of rotatable bonds is 68. The molecule has 3 N–H and O–H groups in total. The first kappa shape index (κ1) is 85.1. The van der Waals surface area contributed by atoms with Crippen molar-refractivity contribution in [3.05, 3.63) is 0 Å². The molecule has 0 amide bonds. The van der Waals surface area contributed by atoms with Gasteiger partial charge in [-0.05, 0) is 31.6 Å². The van der Waals surface area contributed by atoms with Gasteiger partial charge in [0.25, 0.3) is 0 Å². The van der Waals surface area contributed by atoms with Gasteiger partial charge in [0.15, 0.2) is 12.2 Å². The second-order valence-corrected chi connectivity index (χ2v) is 27.9. The van der Waals surface area contributed by atoms with Crippen LogP contribution in [0.25, 0.3) is 0 Å². The van der Waals surface area contributed by atoms with Crippen LogP contribution in [0.2, 0.25) is 0 Å². The van der Waals surface area contributed by atoms with Crippen LogP contribution in [0, 0.1) is 5.92 Å². The van der Waals surface area contributed by atoms with E-state index in [9.17, 15) is 43.2 Å². The van der Waals surface area contributed by atoms with Crippen molar-refractivity contribution >= 4 is 39.5 Å². The van der Waals surface area contributed by atoms with Gasteiger partial charge in [-0.1, -0.05) is 298 Å². The van der Waals surface area contributed by atoms with E-state index in [0.717, 1.165) is 102 Å². The summed E-state index contributed by atoms with van der Waals surface area (Å²) in [7, 11) is -9.89. The van der Waals surface area contributed by atoms with Gasteiger partial charge in [0.1, 0.15) is 19.3 Å². The zero-order valence-corrected chi connectivity index (χ0v) is 57.9. The number of aliphatic hydroxyl groups is 1. The maximum atomic E-state index is 13.0. The lowest BCUT2D eigenvalue weighted by atomic mass is 10.0. The standard InChI is InChI=1S/C68H132O17P2/c1-6-9-12-15-18-21-23-28-32-37-42-47-52-66(71)79-58-64(85-68(73)54-49-44-39-34-30-26-25-27-31-35-40-45-50-61(4)5)60-83-87(76,77)81-56-62(69)55-80-86(74,75)82-59-63(57-78-65(70)51-46-41-36-20-17-14-11-8-3)84-67(72)53-48-43-38-33-29-24-22-19-16-13-10-7-2/h61-64,69H,6-60H2,1-5H3,(H,74,75)(H,76,77)/t62-,63+,64+/m0/s1. The first-order chi connectivity index (χ1) is 42.0. The maximum Gasteiger partial charge on any atom is 0.472 e. The molecule has 17 nitrogen and oxygen atoms in total. The molecule has 0 aromatic heterocycles. The third-order valence-corrected chi connectivity index (χ3v) is 17.7. The lowest BCUT2D eigenvalue weighted by Crippen LogP contribution is -2.30. The van der Waals surface area contributed by atoms with Gasteiger partial charge in [0.2, 0.25) is 0 Å². The molecule has 0 aliphatic heterocycles. The number of aliphatic hydroxyl groups excluding tert-OH is 1. The quantitative estimate of drug-likeness (QED) is 0.0222. The molecular formula is C68H132O17P2. The summed E-state index contributed by atoms with van der Waals surface area (Å²) in [5.41, 5.74) is 0. The smallest absolute Gasteiger partial charge is 0.462 e. The summed E-state index contributed by atoms with van der Waals surface area (Å²) in [5.74, 6) is -1.35. The lowest BCUT2D eigenvalue weighted by molar-refractivity contribution is -0.161. The van der Waals surface area contributed by atoms with E-state index < -0.39 is 97.5 Å². The normalized spacial score (nSPS) is 14.1. The van der Waals surface area contributed by atoms with Gasteiger partial charge in [0.05, 0.1) is 26.4 Å². The first-order valence-corrected chi connectivity index (χ1v) is 38.6. The average molecular weight is 1280 g/mol. The van der Waals surface area contributed by atoms with Crippen molar-refractivity contribution in [2.45, 2.75) is 368 Å². The summed E-state index contributed by atoms with van der Waals surface area (Å²) >= 11 is 0. The second-order valence-electron chi connectivity index (χ2n) is 25.0. The third kappa shape index (κ3) is 62.6. The highest BCUT2D eigenvalue weighted by Crippen LogP contribution is 2.45. The van der Waals surface area contributed by atoms with E-state index in [4.69, 9.17) is 37.0 Å². The minimum Gasteiger partial charge on any atom is -0.462 e. The van der Waals surface area contributed by atoms with Crippen molar-refractivity contribution < 1.29 is 80.2 Å². The first-order valence-electron chi connectivity index (χ1n) is 35.6. The van der Waals surface area contributed by atoms with Crippen molar-refractivity contribution in [1.82, 2.24) is 0 Å². The SMILES string of the molecule is CCCCCCCCCCCCCCC(=O)OC[C@H](COP(=O)(O)OC[C@@H](O)COP(=O)(O)OC[C@@H](COC(=O)CCCCCCCCCC)OC(=O)CCCCCCCCCCCCCC)OC(=O)CCCCCCCCCCCCCCC(C)C. The van der Waals surface area contributed by atoms with Crippen LogP contribution < -0.4 is 0 Å². The molecule has 87 heavy (non-hydrogen) atoms. The van der Waals surface area contributed by atoms with Crippen LogP contribution in [0.15, 0.2) is 0 Å². The molecule has 0 spiro atoms. The van der Waals surface area contributed by atoms with Crippen LogP contribution in [0.4, 0.5) is 0 Å². The van der Waals surface area contributed by atoms with Crippen LogP contribution in [-0.2, 0) is 65.4 Å². The molecule has 0 radical (unpaired) electrons. The fourth-order valence-electron chi connectivity index (χ4n) is 10.3. The Morgan fingerprint density at radius 1 is 0.310 bits per heavy atom. The third-order valence-electron chi connectivity index (χ3n) is 15.8. The summed E-state index contributed by atoms with van der Waals surface area (Å²) in [6, 6.07) is 0. The zero-order chi connectivity index (χ0) is 64.2. The van der Waals surface area contributed by atoms with Crippen molar-refractivity contribution in [2.24, 2.45) is 5.92 Å². The van der Waals surface area contributed by atoms with E-state index in [2.05, 4.69) is 34.6 Å². The van der Waals surface area contributed by atoms with Crippen LogP contribution >= 0.6 is 15.6 Å². The van der Waals surface area contributed by atoms with Crippen molar-refractivity contribution in [2.75, 3.05) is 39.6 Å². The predicted octanol–water partition coefficient (Wildman–Crippen LogP) is 19.4. The van der Waals surface area contributed by atoms with E-state index in [-0.39, 0.29) is 25.7 Å². The molecule has 0 bridgehead atoms. The minimum absolute atomic E-state index is 0.107. The van der Waals surface area contributed by atoms with Gasteiger partial charge in [-0.2, -0.15) is 0 Å². The van der Waals surface area contributed by atoms with E-state index in [1.807, 2.05) is 0 Å². The van der Waals surface area contributed by atoms with Gasteiger partial charge in [-0.15, -0.1) is 0 Å². The highest BCUT2D eigenvalue weighted by molar-refractivity contribution is 7.47. The van der Waals surface area contributed by atoms with Crippen LogP contribution in [0.1, 0.15) is 349 Å². The Labute approximate surface area is 530 Å². The van der Waals surface area contributed by atoms with Crippen LogP contribution in [0.5, 0.6) is 0 Å². The molecule has 2 unspecified atom stereocenters. The Kier molecular flexibility index (Phi) is 60.2. The topological polar surface area (TPSA) is 237 Å². The van der Waals surface area contributed by atoms with Gasteiger partial charge in [-0.25, -0.2) is 9.13 Å². The van der Waals surface area contributed by atoms with Crippen LogP contribution in [-0.4, -0.2) is 96.7 Å². The molecule has 0 aromatic rings. The largest absolute Gasteiger partial charge is 0.472 e. The average Bonchev–Trinajstić information content (AvgIpc) is 3.65. The molecule has 0 heterocycles. The number of hydrogen-bond acceptors (Lipinski definition) is 15. The fraction of sp³-hybridized carbons (Fsp3) is 0.941. The predicted molar refractivity (Wildman–Crippen MR) is 349 cm³/mol. The molecule has 0 fully saturated rings. The summed E-state index contributed by atoms with van der Waals surface area (Å²) in [6.07, 6.45) is 47.1. The monoisotopic (exact) mass is 1280 g/mol. The number of unbranched alkanes of at least 4 members (excludes halogenated alkanes) is 40. The van der Waals surface area contributed by atoms with Crippen molar-refractivity contribution in [3.63, 3.8) is 0 Å². The Bertz CT molecular complexity index is 1690. The minimum atomic E-state index is -4.95. The molecule has 0 aliphatic carbocycles. The highest BCUT2D eigenvalue weighted by Gasteiger charge is 2.30. The molecular weight excluding hydrogens is 1150 g/mol. The Morgan fingerprint density at radius 2 is 0.529 bits per heavy atom. The number of carbonyl (C=O) groups excluding carboxylic acids is 4. The number of esters is 4. The molecule has 0 saturated heterocycles. The summed E-state index contributed by atoms with van der Waals surface area (Å²) in [4.78, 5) is 72.4. The molecule has 516 valence electrons. The maximum absolute atomic E-state index is 13.0. The van der Waals surface area contributed by atoms with Crippen molar-refractivity contribution in [3.8, 4) is 0 Å². The molecule has 0 rings (SSSR count). The highest BCUT2D eigenvalue weighted by atomic mass is 31.2. The van der Waals surface area contributed by atoms with Gasteiger partial charge >= 0.3 is 39.5 Å². The Hall–Kier alpha value is -1.94.